The number of aromatic nitrogens is 3. The zero-order valence-electron chi connectivity index (χ0n) is 30.3. The van der Waals surface area contributed by atoms with Crippen LogP contribution in [-0.2, 0) is 0 Å². The van der Waals surface area contributed by atoms with Crippen molar-refractivity contribution in [3.8, 4) is 61.7 Å². The summed E-state index contributed by atoms with van der Waals surface area (Å²) in [7, 11) is 0. The van der Waals surface area contributed by atoms with Crippen molar-refractivity contribution in [1.29, 1.82) is 0 Å². The summed E-state index contributed by atoms with van der Waals surface area (Å²) in [4.78, 5) is 10.3. The Morgan fingerprint density at radius 1 is 0.375 bits per heavy atom. The van der Waals surface area contributed by atoms with Crippen molar-refractivity contribution >= 4 is 43.9 Å². The number of para-hydroxylation sites is 3. The van der Waals surface area contributed by atoms with E-state index in [1.807, 2.05) is 24.3 Å². The Morgan fingerprint density at radius 2 is 0.929 bits per heavy atom. The topological polar surface area (TPSA) is 43.9 Å². The molecule has 4 heteroatoms. The van der Waals surface area contributed by atoms with Crippen molar-refractivity contribution < 1.29 is 4.42 Å². The molecule has 0 bridgehead atoms. The second-order valence-corrected chi connectivity index (χ2v) is 14.2. The van der Waals surface area contributed by atoms with Crippen LogP contribution in [0.2, 0.25) is 0 Å². The third-order valence-corrected chi connectivity index (χ3v) is 10.8. The zero-order chi connectivity index (χ0) is 37.0. The second-order valence-electron chi connectivity index (χ2n) is 14.2. The molecule has 0 atom stereocenters. The highest BCUT2D eigenvalue weighted by Gasteiger charge is 2.20. The van der Waals surface area contributed by atoms with Gasteiger partial charge in [-0.3, -0.25) is 0 Å². The fourth-order valence-corrected chi connectivity index (χ4v) is 8.26. The summed E-state index contributed by atoms with van der Waals surface area (Å²) in [5.74, 6) is 0.625. The van der Waals surface area contributed by atoms with Gasteiger partial charge in [-0.25, -0.2) is 4.98 Å². The average molecular weight is 716 g/mol. The fourth-order valence-electron chi connectivity index (χ4n) is 8.26. The summed E-state index contributed by atoms with van der Waals surface area (Å²) in [6.45, 7) is 0. The van der Waals surface area contributed by atoms with E-state index in [0.29, 0.717) is 11.5 Å². The monoisotopic (exact) mass is 715 g/mol. The highest BCUT2D eigenvalue weighted by Crippen LogP contribution is 2.41. The lowest BCUT2D eigenvalue weighted by Gasteiger charge is -2.11. The molecule has 56 heavy (non-hydrogen) atoms. The van der Waals surface area contributed by atoms with Gasteiger partial charge in [0.25, 0.3) is 0 Å². The van der Waals surface area contributed by atoms with Crippen molar-refractivity contribution in [2.75, 3.05) is 0 Å². The Bertz CT molecular complexity index is 3250. The molecular formula is C52H33N3O. The Hall–Kier alpha value is -7.56. The minimum Gasteiger partial charge on any atom is -0.438 e. The summed E-state index contributed by atoms with van der Waals surface area (Å²) in [6.07, 6.45) is 0. The van der Waals surface area contributed by atoms with Crippen LogP contribution in [0.1, 0.15) is 0 Å². The van der Waals surface area contributed by atoms with Gasteiger partial charge in [0.2, 0.25) is 5.71 Å². The Morgan fingerprint density at radius 3 is 1.73 bits per heavy atom. The maximum absolute atomic E-state index is 6.41. The quantitative estimate of drug-likeness (QED) is 0.172. The zero-order valence-corrected chi connectivity index (χ0v) is 30.3. The van der Waals surface area contributed by atoms with E-state index >= 15 is 0 Å². The number of nitrogens with zero attached hydrogens (tertiary/aromatic N) is 3. The average Bonchev–Trinajstić information content (AvgIpc) is 3.83. The molecule has 8 aromatic carbocycles. The van der Waals surface area contributed by atoms with Crippen LogP contribution in [0.4, 0.5) is 0 Å². The minimum atomic E-state index is 0.575. The van der Waals surface area contributed by atoms with E-state index in [1.54, 1.807) is 0 Å². The molecule has 0 radical (unpaired) electrons. The maximum Gasteiger partial charge on any atom is 0.231 e. The van der Waals surface area contributed by atoms with Crippen LogP contribution < -0.4 is 0 Å². The molecule has 11 aromatic rings. The summed E-state index contributed by atoms with van der Waals surface area (Å²) in [5.41, 5.74) is 14.5. The SMILES string of the molecule is c1ccc(-c2cccc(-c3nc(-c4cccc(-c5cccc(-c6cccc7c6c6ccccc6n7-c6ccccc6)c5)c4)c4c(n3)oc3ccccc34)c2)cc1. The third-order valence-electron chi connectivity index (χ3n) is 10.8. The molecule has 4 nitrogen and oxygen atoms in total. The molecule has 0 N–H and O–H groups in total. The van der Waals surface area contributed by atoms with Crippen LogP contribution in [-0.4, -0.2) is 14.5 Å². The molecular weight excluding hydrogens is 683 g/mol. The lowest BCUT2D eigenvalue weighted by Crippen LogP contribution is -1.94. The molecule has 3 heterocycles. The van der Waals surface area contributed by atoms with Gasteiger partial charge in [-0.1, -0.05) is 152 Å². The largest absolute Gasteiger partial charge is 0.438 e. The normalized spacial score (nSPS) is 11.6. The number of hydrogen-bond acceptors (Lipinski definition) is 3. The van der Waals surface area contributed by atoms with E-state index in [1.165, 1.54) is 32.9 Å². The van der Waals surface area contributed by atoms with Gasteiger partial charge < -0.3 is 8.98 Å². The first-order chi connectivity index (χ1) is 27.8. The van der Waals surface area contributed by atoms with E-state index in [-0.39, 0.29) is 0 Å². The van der Waals surface area contributed by atoms with E-state index < -0.39 is 0 Å². The van der Waals surface area contributed by atoms with Crippen LogP contribution in [0.5, 0.6) is 0 Å². The van der Waals surface area contributed by atoms with E-state index in [4.69, 9.17) is 14.4 Å². The fraction of sp³-hybridized carbons (Fsp3) is 0. The molecule has 0 aliphatic rings. The van der Waals surface area contributed by atoms with Crippen molar-refractivity contribution in [3.05, 3.63) is 200 Å². The number of fused-ring (bicyclic) bond motifs is 6. The van der Waals surface area contributed by atoms with E-state index in [2.05, 4.69) is 180 Å². The summed E-state index contributed by atoms with van der Waals surface area (Å²) in [6, 6.07) is 70.5. The van der Waals surface area contributed by atoms with Gasteiger partial charge in [0.15, 0.2) is 5.82 Å². The highest BCUT2D eigenvalue weighted by atomic mass is 16.3. The molecule has 262 valence electrons. The van der Waals surface area contributed by atoms with Crippen molar-refractivity contribution in [2.45, 2.75) is 0 Å². The number of hydrogen-bond donors (Lipinski definition) is 0. The van der Waals surface area contributed by atoms with Gasteiger partial charge in [0, 0.05) is 33.0 Å². The Kier molecular flexibility index (Phi) is 7.46. The van der Waals surface area contributed by atoms with Crippen LogP contribution in [0.3, 0.4) is 0 Å². The van der Waals surface area contributed by atoms with Crippen LogP contribution in [0, 0.1) is 0 Å². The lowest BCUT2D eigenvalue weighted by atomic mass is 9.94. The first-order valence-electron chi connectivity index (χ1n) is 18.9. The first kappa shape index (κ1) is 31.9. The van der Waals surface area contributed by atoms with Crippen molar-refractivity contribution in [2.24, 2.45) is 0 Å². The Balaban J connectivity index is 1.06. The number of benzene rings is 8. The molecule has 3 aromatic heterocycles. The van der Waals surface area contributed by atoms with Gasteiger partial charge in [0.05, 0.1) is 22.1 Å². The summed E-state index contributed by atoms with van der Waals surface area (Å²) < 4.78 is 8.78. The Labute approximate surface area is 323 Å². The van der Waals surface area contributed by atoms with Crippen LogP contribution in [0.25, 0.3) is 106 Å². The van der Waals surface area contributed by atoms with E-state index in [9.17, 15) is 0 Å². The van der Waals surface area contributed by atoms with E-state index in [0.717, 1.165) is 61.1 Å². The van der Waals surface area contributed by atoms with Crippen LogP contribution >= 0.6 is 0 Å². The van der Waals surface area contributed by atoms with Gasteiger partial charge in [-0.2, -0.15) is 4.98 Å². The molecule has 0 saturated carbocycles. The van der Waals surface area contributed by atoms with Crippen molar-refractivity contribution in [3.63, 3.8) is 0 Å². The first-order valence-corrected chi connectivity index (χ1v) is 18.9. The molecule has 0 saturated heterocycles. The molecule has 0 fully saturated rings. The summed E-state index contributed by atoms with van der Waals surface area (Å²) in [5, 5.41) is 4.39. The predicted molar refractivity (Wildman–Crippen MR) is 231 cm³/mol. The molecule has 0 unspecified atom stereocenters. The highest BCUT2D eigenvalue weighted by molar-refractivity contribution is 6.16. The standard InChI is InChI=1S/C52H33N3O/c1-3-15-34(16-4-1)35-17-13-22-40(33-35)51-53-50(49-44-26-8-10-30-47(44)56-52(49)54-51)39-21-12-19-37(32-39)36-18-11-20-38(31-36)42-27-14-29-46-48(42)43-25-7-9-28-45(43)55(46)41-23-5-2-6-24-41/h1-33H. The summed E-state index contributed by atoms with van der Waals surface area (Å²) >= 11 is 0. The van der Waals surface area contributed by atoms with Gasteiger partial charge >= 0.3 is 0 Å². The van der Waals surface area contributed by atoms with Crippen molar-refractivity contribution in [1.82, 2.24) is 14.5 Å². The maximum atomic E-state index is 6.41. The van der Waals surface area contributed by atoms with Gasteiger partial charge in [-0.05, 0) is 81.9 Å². The smallest absolute Gasteiger partial charge is 0.231 e. The predicted octanol–water partition coefficient (Wildman–Crippen LogP) is 13.8. The third kappa shape index (κ3) is 5.31. The number of rotatable bonds is 6. The number of furan rings is 1. The van der Waals surface area contributed by atoms with Crippen LogP contribution in [0.15, 0.2) is 205 Å². The minimum absolute atomic E-state index is 0.575. The van der Waals surface area contributed by atoms with Gasteiger partial charge in [-0.15, -0.1) is 0 Å². The molecule has 0 spiro atoms. The molecule has 0 amide bonds. The lowest BCUT2D eigenvalue weighted by molar-refractivity contribution is 0.653. The van der Waals surface area contributed by atoms with Gasteiger partial charge in [0.1, 0.15) is 5.58 Å². The molecule has 11 rings (SSSR count). The molecule has 0 aliphatic carbocycles. The molecule has 0 aliphatic heterocycles. The second kappa shape index (κ2) is 13.1.